The van der Waals surface area contributed by atoms with Gasteiger partial charge in [0.1, 0.15) is 23.0 Å². The van der Waals surface area contributed by atoms with Crippen molar-refractivity contribution >= 4 is 46.6 Å². The highest BCUT2D eigenvalue weighted by atomic mass is 35.5. The Labute approximate surface area is 217 Å². The van der Waals surface area contributed by atoms with Gasteiger partial charge in [-0.15, -0.1) is 0 Å². The van der Waals surface area contributed by atoms with E-state index < -0.39 is 11.9 Å². The number of urea groups is 1. The van der Waals surface area contributed by atoms with Crippen molar-refractivity contribution in [1.29, 1.82) is 0 Å². The number of benzene rings is 2. The first-order valence-corrected chi connectivity index (χ1v) is 11.6. The van der Waals surface area contributed by atoms with E-state index in [1.165, 1.54) is 12.3 Å². The van der Waals surface area contributed by atoms with E-state index in [1.807, 2.05) is 13.8 Å². The van der Waals surface area contributed by atoms with Gasteiger partial charge in [0.2, 0.25) is 0 Å². The fourth-order valence-electron chi connectivity index (χ4n) is 3.26. The maximum atomic E-state index is 12.8. The summed E-state index contributed by atoms with van der Waals surface area (Å²) in [5.41, 5.74) is 7.29. The standard InChI is InChI=1S/C25H22Cl2N6O3/c1-14(2)21-13-23(33(32-21)18-10-15(26)9-16(27)11-18)31-25(35)30-17-3-5-19(6-4-17)36-20-7-8-29-22(12-20)24(28)34/h3-14H,1-2H3,(H2,28,34)(H2,30,31,35). The van der Waals surface area contributed by atoms with Crippen molar-refractivity contribution in [1.82, 2.24) is 14.8 Å². The van der Waals surface area contributed by atoms with Crippen LogP contribution >= 0.6 is 23.2 Å². The number of rotatable bonds is 7. The number of nitrogens with two attached hydrogens (primary N) is 1. The summed E-state index contributed by atoms with van der Waals surface area (Å²) < 4.78 is 7.31. The molecule has 4 aromatic rings. The van der Waals surface area contributed by atoms with Crippen molar-refractivity contribution in [2.45, 2.75) is 19.8 Å². The number of hydrogen-bond acceptors (Lipinski definition) is 5. The number of aromatic nitrogens is 3. The number of hydrogen-bond donors (Lipinski definition) is 3. The molecule has 2 aromatic carbocycles. The van der Waals surface area contributed by atoms with E-state index in [2.05, 4.69) is 20.7 Å². The number of halogens is 2. The molecule has 0 fully saturated rings. The second kappa shape index (κ2) is 10.7. The number of nitrogens with zero attached hydrogens (tertiary/aromatic N) is 3. The van der Waals surface area contributed by atoms with Gasteiger partial charge in [-0.2, -0.15) is 5.10 Å². The van der Waals surface area contributed by atoms with Crippen LogP contribution in [0.1, 0.15) is 35.9 Å². The SMILES string of the molecule is CC(C)c1cc(NC(=O)Nc2ccc(Oc3ccnc(C(N)=O)c3)cc2)n(-c2cc(Cl)cc(Cl)c2)n1. The molecular formula is C25H22Cl2N6O3. The Balaban J connectivity index is 1.47. The summed E-state index contributed by atoms with van der Waals surface area (Å²) >= 11 is 12.3. The van der Waals surface area contributed by atoms with E-state index in [1.54, 1.807) is 59.3 Å². The molecule has 0 saturated carbocycles. The highest BCUT2D eigenvalue weighted by molar-refractivity contribution is 6.34. The molecule has 3 amide bonds. The number of amides is 3. The molecule has 0 aliphatic carbocycles. The second-order valence-corrected chi connectivity index (χ2v) is 8.97. The summed E-state index contributed by atoms with van der Waals surface area (Å²) in [5, 5.41) is 11.1. The lowest BCUT2D eigenvalue weighted by atomic mass is 10.1. The Morgan fingerprint density at radius 3 is 2.28 bits per heavy atom. The number of carbonyl (C=O) groups is 2. The third-order valence-corrected chi connectivity index (χ3v) is 5.42. The summed E-state index contributed by atoms with van der Waals surface area (Å²) in [5.74, 6) is 0.855. The Morgan fingerprint density at radius 2 is 1.64 bits per heavy atom. The molecule has 184 valence electrons. The van der Waals surface area contributed by atoms with Crippen LogP contribution in [-0.2, 0) is 0 Å². The fraction of sp³-hybridized carbons (Fsp3) is 0.120. The topological polar surface area (TPSA) is 124 Å². The second-order valence-electron chi connectivity index (χ2n) is 8.10. The van der Waals surface area contributed by atoms with Crippen LogP contribution in [0.25, 0.3) is 5.69 Å². The molecule has 0 saturated heterocycles. The lowest BCUT2D eigenvalue weighted by Gasteiger charge is -2.11. The van der Waals surface area contributed by atoms with Crippen molar-refractivity contribution in [3.05, 3.63) is 88.3 Å². The summed E-state index contributed by atoms with van der Waals surface area (Å²) in [7, 11) is 0. The van der Waals surface area contributed by atoms with Crippen LogP contribution in [0.4, 0.5) is 16.3 Å². The highest BCUT2D eigenvalue weighted by Crippen LogP contribution is 2.27. The summed E-state index contributed by atoms with van der Waals surface area (Å²) in [6, 6.07) is 16.1. The number of ether oxygens (including phenoxy) is 1. The zero-order valence-corrected chi connectivity index (χ0v) is 20.8. The lowest BCUT2D eigenvalue weighted by Crippen LogP contribution is -2.21. The van der Waals surface area contributed by atoms with Crippen molar-refractivity contribution in [2.24, 2.45) is 5.73 Å². The average Bonchev–Trinajstić information content (AvgIpc) is 3.24. The minimum atomic E-state index is -0.647. The van der Waals surface area contributed by atoms with Crippen LogP contribution < -0.4 is 21.1 Å². The molecule has 9 nitrogen and oxygen atoms in total. The molecule has 2 aromatic heterocycles. The van der Waals surface area contributed by atoms with E-state index in [0.29, 0.717) is 38.7 Å². The van der Waals surface area contributed by atoms with E-state index in [0.717, 1.165) is 5.69 Å². The van der Waals surface area contributed by atoms with Crippen molar-refractivity contribution < 1.29 is 14.3 Å². The van der Waals surface area contributed by atoms with Gasteiger partial charge in [0.25, 0.3) is 5.91 Å². The van der Waals surface area contributed by atoms with E-state index in [-0.39, 0.29) is 11.6 Å². The normalized spacial score (nSPS) is 10.8. The van der Waals surface area contributed by atoms with Crippen molar-refractivity contribution in [3.63, 3.8) is 0 Å². The number of pyridine rings is 1. The number of primary amides is 1. The Hall–Kier alpha value is -4.08. The molecule has 4 N–H and O–H groups in total. The fourth-order valence-corrected chi connectivity index (χ4v) is 3.77. The van der Waals surface area contributed by atoms with Gasteiger partial charge in [-0.05, 0) is 54.4 Å². The van der Waals surface area contributed by atoms with Crippen LogP contribution in [0.3, 0.4) is 0 Å². The van der Waals surface area contributed by atoms with Gasteiger partial charge in [0, 0.05) is 34.1 Å². The van der Waals surface area contributed by atoms with Gasteiger partial charge in [0.15, 0.2) is 0 Å². The van der Waals surface area contributed by atoms with Crippen LogP contribution in [0, 0.1) is 0 Å². The third kappa shape index (κ3) is 6.12. The summed E-state index contributed by atoms with van der Waals surface area (Å²) in [4.78, 5) is 27.9. The van der Waals surface area contributed by atoms with Gasteiger partial charge >= 0.3 is 6.03 Å². The maximum absolute atomic E-state index is 12.8. The monoisotopic (exact) mass is 524 g/mol. The Kier molecular flexibility index (Phi) is 7.42. The minimum absolute atomic E-state index is 0.0994. The largest absolute Gasteiger partial charge is 0.457 e. The molecule has 36 heavy (non-hydrogen) atoms. The number of carbonyl (C=O) groups excluding carboxylic acids is 2. The molecule has 11 heteroatoms. The van der Waals surface area contributed by atoms with Gasteiger partial charge in [-0.1, -0.05) is 37.0 Å². The molecule has 0 bridgehead atoms. The summed E-state index contributed by atoms with van der Waals surface area (Å²) in [6.45, 7) is 4.01. The molecule has 0 aliphatic rings. The molecule has 0 radical (unpaired) electrons. The molecule has 2 heterocycles. The molecular weight excluding hydrogens is 503 g/mol. The highest BCUT2D eigenvalue weighted by Gasteiger charge is 2.16. The first-order valence-electron chi connectivity index (χ1n) is 10.9. The van der Waals surface area contributed by atoms with Crippen LogP contribution in [0.5, 0.6) is 11.5 Å². The number of nitrogens with one attached hydrogen (secondary N) is 2. The van der Waals surface area contributed by atoms with Gasteiger partial charge in [-0.3, -0.25) is 15.1 Å². The quantitative estimate of drug-likeness (QED) is 0.264. The van der Waals surface area contributed by atoms with Crippen LogP contribution in [-0.4, -0.2) is 26.7 Å². The molecule has 0 atom stereocenters. The average molecular weight is 525 g/mol. The van der Waals surface area contributed by atoms with Crippen LogP contribution in [0.15, 0.2) is 66.9 Å². The predicted octanol–water partition coefficient (Wildman–Crippen LogP) is 6.23. The van der Waals surface area contributed by atoms with Gasteiger partial charge in [-0.25, -0.2) is 9.48 Å². The smallest absolute Gasteiger partial charge is 0.324 e. The summed E-state index contributed by atoms with van der Waals surface area (Å²) in [6.07, 6.45) is 1.43. The van der Waals surface area contributed by atoms with Crippen LogP contribution in [0.2, 0.25) is 10.0 Å². The number of anilines is 2. The molecule has 0 spiro atoms. The van der Waals surface area contributed by atoms with Crippen molar-refractivity contribution in [3.8, 4) is 17.2 Å². The van der Waals surface area contributed by atoms with E-state index >= 15 is 0 Å². The van der Waals surface area contributed by atoms with Gasteiger partial charge < -0.3 is 15.8 Å². The molecule has 0 aliphatic heterocycles. The van der Waals surface area contributed by atoms with Gasteiger partial charge in [0.05, 0.1) is 11.4 Å². The zero-order valence-electron chi connectivity index (χ0n) is 19.3. The predicted molar refractivity (Wildman–Crippen MR) is 140 cm³/mol. The third-order valence-electron chi connectivity index (χ3n) is 4.99. The molecule has 0 unspecified atom stereocenters. The first-order chi connectivity index (χ1) is 17.2. The zero-order chi connectivity index (χ0) is 25.8. The first kappa shape index (κ1) is 25.0. The lowest BCUT2D eigenvalue weighted by molar-refractivity contribution is 0.0995. The molecule has 4 rings (SSSR count). The van der Waals surface area contributed by atoms with Crippen molar-refractivity contribution in [2.75, 3.05) is 10.6 Å². The maximum Gasteiger partial charge on any atom is 0.324 e. The minimum Gasteiger partial charge on any atom is -0.457 e. The Morgan fingerprint density at radius 1 is 0.944 bits per heavy atom. The Bertz CT molecular complexity index is 1400. The van der Waals surface area contributed by atoms with E-state index in [9.17, 15) is 9.59 Å². The van der Waals surface area contributed by atoms with E-state index in [4.69, 9.17) is 33.7 Å².